The Morgan fingerprint density at radius 2 is 1.90 bits per heavy atom. The predicted molar refractivity (Wildman–Crippen MR) is 77.9 cm³/mol. The Kier molecular flexibility index (Phi) is 3.59. The molecule has 0 aromatic heterocycles. The molecular weight excluding hydrogens is 270 g/mol. The maximum absolute atomic E-state index is 12.6. The van der Waals surface area contributed by atoms with E-state index in [-0.39, 0.29) is 24.1 Å². The molecule has 2 unspecified atom stereocenters. The Balaban J connectivity index is 1.66. The molecule has 2 amide bonds. The summed E-state index contributed by atoms with van der Waals surface area (Å²) in [5.74, 6) is 0.115. The van der Waals surface area contributed by atoms with E-state index in [1.807, 2.05) is 25.7 Å². The molecule has 3 heterocycles. The van der Waals surface area contributed by atoms with Gasteiger partial charge < -0.3 is 15.0 Å². The fraction of sp³-hybridized carbons (Fsp3) is 0.867. The molecule has 0 spiro atoms. The van der Waals surface area contributed by atoms with Gasteiger partial charge >= 0.3 is 6.09 Å². The van der Waals surface area contributed by atoms with E-state index in [1.54, 1.807) is 4.90 Å². The summed E-state index contributed by atoms with van der Waals surface area (Å²) >= 11 is 0. The highest BCUT2D eigenvalue weighted by Crippen LogP contribution is 2.35. The quantitative estimate of drug-likeness (QED) is 0.782. The van der Waals surface area contributed by atoms with Crippen molar-refractivity contribution >= 4 is 12.0 Å². The Morgan fingerprint density at radius 3 is 2.48 bits per heavy atom. The number of hydrogen-bond acceptors (Lipinski definition) is 4. The van der Waals surface area contributed by atoms with Gasteiger partial charge in [-0.1, -0.05) is 0 Å². The number of fused-ring (bicyclic) bond motifs is 2. The molecule has 3 aliphatic heterocycles. The standard InChI is InChI=1S/C15H25N3O3/c1-15(2,3)21-14(20)17-9-11-8-12(17)13(19)18(11)10-4-6-16-7-5-10/h10-12,16H,4-9H2,1-3H3. The fourth-order valence-corrected chi connectivity index (χ4v) is 3.69. The summed E-state index contributed by atoms with van der Waals surface area (Å²) in [6.07, 6.45) is 2.44. The number of carbonyl (C=O) groups excluding carboxylic acids is 2. The van der Waals surface area contributed by atoms with Gasteiger partial charge in [0.15, 0.2) is 0 Å². The van der Waals surface area contributed by atoms with E-state index in [4.69, 9.17) is 4.74 Å². The molecule has 6 heteroatoms. The second-order valence-electron chi connectivity index (χ2n) is 7.26. The fourth-order valence-electron chi connectivity index (χ4n) is 3.69. The van der Waals surface area contributed by atoms with E-state index in [0.717, 1.165) is 32.4 Å². The van der Waals surface area contributed by atoms with Crippen LogP contribution in [-0.2, 0) is 9.53 Å². The van der Waals surface area contributed by atoms with Crippen molar-refractivity contribution in [1.82, 2.24) is 15.1 Å². The third-order valence-electron chi connectivity index (χ3n) is 4.54. The van der Waals surface area contributed by atoms with Crippen LogP contribution in [0.1, 0.15) is 40.0 Å². The minimum absolute atomic E-state index is 0.115. The number of likely N-dealkylation sites (tertiary alicyclic amines) is 2. The second kappa shape index (κ2) is 5.16. The van der Waals surface area contributed by atoms with Crippen LogP contribution >= 0.6 is 0 Å². The lowest BCUT2D eigenvalue weighted by molar-refractivity contribution is -0.139. The summed E-state index contributed by atoms with van der Waals surface area (Å²) in [7, 11) is 0. The van der Waals surface area contributed by atoms with Gasteiger partial charge in [0.05, 0.1) is 6.04 Å². The Hall–Kier alpha value is -1.30. The molecular formula is C15H25N3O3. The average molecular weight is 295 g/mol. The second-order valence-corrected chi connectivity index (χ2v) is 7.26. The molecule has 0 aliphatic carbocycles. The number of piperidine rings is 1. The van der Waals surface area contributed by atoms with Crippen molar-refractivity contribution in [1.29, 1.82) is 0 Å². The van der Waals surface area contributed by atoms with Gasteiger partial charge in [0, 0.05) is 12.6 Å². The van der Waals surface area contributed by atoms with Crippen molar-refractivity contribution in [2.75, 3.05) is 19.6 Å². The number of hydrogen-bond donors (Lipinski definition) is 1. The Labute approximate surface area is 125 Å². The molecule has 0 radical (unpaired) electrons. The zero-order chi connectivity index (χ0) is 15.2. The number of carbonyl (C=O) groups is 2. The van der Waals surface area contributed by atoms with Crippen LogP contribution in [0.25, 0.3) is 0 Å². The van der Waals surface area contributed by atoms with Gasteiger partial charge in [-0.2, -0.15) is 0 Å². The Morgan fingerprint density at radius 1 is 1.24 bits per heavy atom. The van der Waals surface area contributed by atoms with Crippen LogP contribution in [0, 0.1) is 0 Å². The molecule has 0 aromatic carbocycles. The molecule has 2 bridgehead atoms. The van der Waals surface area contributed by atoms with Gasteiger partial charge in [0.2, 0.25) is 5.91 Å². The minimum atomic E-state index is -0.517. The van der Waals surface area contributed by atoms with Crippen LogP contribution in [0.5, 0.6) is 0 Å². The van der Waals surface area contributed by atoms with Crippen molar-refractivity contribution in [2.45, 2.75) is 63.8 Å². The van der Waals surface area contributed by atoms with Crippen LogP contribution < -0.4 is 5.32 Å². The molecule has 21 heavy (non-hydrogen) atoms. The summed E-state index contributed by atoms with van der Waals surface area (Å²) in [6, 6.07) is 0.215. The summed E-state index contributed by atoms with van der Waals surface area (Å²) in [6.45, 7) is 8.12. The largest absolute Gasteiger partial charge is 0.444 e. The van der Waals surface area contributed by atoms with E-state index in [1.165, 1.54) is 0 Å². The zero-order valence-corrected chi connectivity index (χ0v) is 13.1. The number of rotatable bonds is 1. The lowest BCUT2D eigenvalue weighted by Gasteiger charge is -2.40. The molecule has 3 rings (SSSR count). The van der Waals surface area contributed by atoms with Crippen molar-refractivity contribution in [3.8, 4) is 0 Å². The van der Waals surface area contributed by atoms with Gasteiger partial charge in [0.1, 0.15) is 11.6 Å². The first-order valence-electron chi connectivity index (χ1n) is 7.89. The van der Waals surface area contributed by atoms with Crippen molar-refractivity contribution in [3.63, 3.8) is 0 Å². The third-order valence-corrected chi connectivity index (χ3v) is 4.54. The molecule has 3 fully saturated rings. The van der Waals surface area contributed by atoms with Crippen LogP contribution in [0.3, 0.4) is 0 Å². The average Bonchev–Trinajstić information content (AvgIpc) is 2.95. The van der Waals surface area contributed by atoms with E-state index in [2.05, 4.69) is 5.32 Å². The van der Waals surface area contributed by atoms with Crippen LogP contribution in [0.15, 0.2) is 0 Å². The number of amides is 2. The van der Waals surface area contributed by atoms with Gasteiger partial charge in [0.25, 0.3) is 0 Å². The molecule has 2 atom stereocenters. The first-order valence-corrected chi connectivity index (χ1v) is 7.89. The van der Waals surface area contributed by atoms with Crippen LogP contribution in [0.2, 0.25) is 0 Å². The number of nitrogens with one attached hydrogen (secondary N) is 1. The normalized spacial score (nSPS) is 30.1. The summed E-state index contributed by atoms with van der Waals surface area (Å²) in [5.41, 5.74) is -0.517. The molecule has 1 N–H and O–H groups in total. The maximum Gasteiger partial charge on any atom is 0.411 e. The van der Waals surface area contributed by atoms with Crippen molar-refractivity contribution < 1.29 is 14.3 Å². The van der Waals surface area contributed by atoms with Crippen LogP contribution in [-0.4, -0.2) is 65.2 Å². The topological polar surface area (TPSA) is 61.9 Å². The molecule has 0 aromatic rings. The first kappa shape index (κ1) is 14.6. The highest BCUT2D eigenvalue weighted by Gasteiger charge is 2.53. The molecule has 0 saturated carbocycles. The van der Waals surface area contributed by atoms with Gasteiger partial charge in [-0.05, 0) is 53.1 Å². The number of ether oxygens (including phenoxy) is 1. The molecule has 6 nitrogen and oxygen atoms in total. The smallest absolute Gasteiger partial charge is 0.411 e. The molecule has 3 saturated heterocycles. The number of piperazine rings is 1. The summed E-state index contributed by atoms with van der Waals surface area (Å²) in [5, 5.41) is 3.33. The monoisotopic (exact) mass is 295 g/mol. The Bertz CT molecular complexity index is 440. The zero-order valence-electron chi connectivity index (χ0n) is 13.1. The van der Waals surface area contributed by atoms with Crippen molar-refractivity contribution in [2.24, 2.45) is 0 Å². The van der Waals surface area contributed by atoms with Crippen LogP contribution in [0.4, 0.5) is 4.79 Å². The van der Waals surface area contributed by atoms with Gasteiger partial charge in [-0.25, -0.2) is 4.79 Å². The SMILES string of the molecule is CC(C)(C)OC(=O)N1CC2CC1C(=O)N2C1CCNCC1. The van der Waals surface area contributed by atoms with E-state index >= 15 is 0 Å². The highest BCUT2D eigenvalue weighted by atomic mass is 16.6. The lowest BCUT2D eigenvalue weighted by Crippen LogP contribution is -2.57. The third kappa shape index (κ3) is 2.73. The number of nitrogens with zero attached hydrogens (tertiary/aromatic N) is 2. The molecule has 118 valence electrons. The molecule has 3 aliphatic rings. The summed E-state index contributed by atoms with van der Waals surface area (Å²) < 4.78 is 5.41. The van der Waals surface area contributed by atoms with E-state index in [9.17, 15) is 9.59 Å². The van der Waals surface area contributed by atoms with Gasteiger partial charge in [-0.3, -0.25) is 9.69 Å². The van der Waals surface area contributed by atoms with E-state index in [0.29, 0.717) is 12.6 Å². The van der Waals surface area contributed by atoms with Crippen molar-refractivity contribution in [3.05, 3.63) is 0 Å². The maximum atomic E-state index is 12.6. The first-order chi connectivity index (χ1) is 9.87. The minimum Gasteiger partial charge on any atom is -0.444 e. The summed E-state index contributed by atoms with van der Waals surface area (Å²) in [4.78, 5) is 28.5. The highest BCUT2D eigenvalue weighted by molar-refractivity contribution is 5.90. The van der Waals surface area contributed by atoms with E-state index < -0.39 is 5.60 Å². The predicted octanol–water partition coefficient (Wildman–Crippen LogP) is 0.959. The van der Waals surface area contributed by atoms with Gasteiger partial charge in [-0.15, -0.1) is 0 Å². The lowest BCUT2D eigenvalue weighted by atomic mass is 10.0.